The molecular weight excluding hydrogens is 273 g/mol. The molecule has 122 valence electrons. The maximum atomic E-state index is 12.8. The third kappa shape index (κ3) is 9.93. The van der Waals surface area contributed by atoms with Crippen molar-refractivity contribution in [1.82, 2.24) is 4.90 Å². The van der Waals surface area contributed by atoms with Gasteiger partial charge in [-0.15, -0.1) is 0 Å². The van der Waals surface area contributed by atoms with Crippen molar-refractivity contribution in [3.05, 3.63) is 0 Å². The van der Waals surface area contributed by atoms with Crippen LogP contribution in [-0.4, -0.2) is 37.5 Å². The van der Waals surface area contributed by atoms with Crippen LogP contribution in [0.4, 0.5) is 0 Å². The van der Waals surface area contributed by atoms with Gasteiger partial charge in [-0.2, -0.15) is 0 Å². The second-order valence-corrected chi connectivity index (χ2v) is 7.26. The van der Waals surface area contributed by atoms with Crippen molar-refractivity contribution in [2.45, 2.75) is 66.2 Å². The van der Waals surface area contributed by atoms with E-state index in [0.29, 0.717) is 19.5 Å². The first-order valence-corrected chi connectivity index (χ1v) is 9.95. The summed E-state index contributed by atoms with van der Waals surface area (Å²) in [6.45, 7) is 11.5. The SMILES string of the molecule is CCCCOP(=O)(CN(CCC)CCC)OCCCC. The molecule has 0 heterocycles. The van der Waals surface area contributed by atoms with Crippen LogP contribution >= 0.6 is 7.60 Å². The van der Waals surface area contributed by atoms with Crippen LogP contribution in [0.15, 0.2) is 0 Å². The molecular formula is C15H34NO3P. The fourth-order valence-electron chi connectivity index (χ4n) is 1.95. The van der Waals surface area contributed by atoms with Crippen LogP contribution in [0.1, 0.15) is 66.2 Å². The summed E-state index contributed by atoms with van der Waals surface area (Å²) in [5.41, 5.74) is 0. The normalized spacial score (nSPS) is 12.2. The van der Waals surface area contributed by atoms with Crippen molar-refractivity contribution in [3.63, 3.8) is 0 Å². The molecule has 0 aromatic heterocycles. The Balaban J connectivity index is 4.48. The summed E-state index contributed by atoms with van der Waals surface area (Å²) in [6, 6.07) is 0. The smallest absolute Gasteiger partial charge is 0.308 e. The zero-order valence-corrected chi connectivity index (χ0v) is 14.8. The molecule has 0 aromatic rings. The molecule has 0 unspecified atom stereocenters. The molecule has 0 aliphatic rings. The van der Waals surface area contributed by atoms with Crippen molar-refractivity contribution < 1.29 is 13.6 Å². The quantitative estimate of drug-likeness (QED) is 0.338. The van der Waals surface area contributed by atoms with Crippen molar-refractivity contribution in [2.24, 2.45) is 0 Å². The summed E-state index contributed by atoms with van der Waals surface area (Å²) >= 11 is 0. The lowest BCUT2D eigenvalue weighted by Gasteiger charge is -2.26. The molecule has 0 bridgehead atoms. The molecule has 0 saturated heterocycles. The van der Waals surface area contributed by atoms with Crippen molar-refractivity contribution >= 4 is 7.60 Å². The van der Waals surface area contributed by atoms with Crippen LogP contribution in [0.25, 0.3) is 0 Å². The minimum absolute atomic E-state index is 0.433. The molecule has 0 N–H and O–H groups in total. The molecule has 5 heteroatoms. The molecule has 0 spiro atoms. The van der Waals surface area contributed by atoms with Gasteiger partial charge in [0.15, 0.2) is 0 Å². The molecule has 0 rings (SSSR count). The lowest BCUT2D eigenvalue weighted by atomic mass is 10.4. The molecule has 0 aliphatic carbocycles. The van der Waals surface area contributed by atoms with E-state index in [1.54, 1.807) is 0 Å². The Morgan fingerprint density at radius 2 is 1.25 bits per heavy atom. The third-order valence-electron chi connectivity index (χ3n) is 3.02. The fraction of sp³-hybridized carbons (Fsp3) is 1.00. The summed E-state index contributed by atoms with van der Waals surface area (Å²) in [4.78, 5) is 2.21. The summed E-state index contributed by atoms with van der Waals surface area (Å²) in [7, 11) is -2.97. The number of unbranched alkanes of at least 4 members (excludes halogenated alkanes) is 2. The average Bonchev–Trinajstić information content (AvgIpc) is 2.40. The first kappa shape index (κ1) is 20.1. The molecule has 4 nitrogen and oxygen atoms in total. The van der Waals surface area contributed by atoms with Gasteiger partial charge in [-0.1, -0.05) is 40.5 Å². The van der Waals surface area contributed by atoms with Crippen molar-refractivity contribution in [1.29, 1.82) is 0 Å². The summed E-state index contributed by atoms with van der Waals surface area (Å²) < 4.78 is 24.1. The molecule has 20 heavy (non-hydrogen) atoms. The third-order valence-corrected chi connectivity index (χ3v) is 4.92. The highest BCUT2D eigenvalue weighted by Crippen LogP contribution is 2.49. The largest absolute Gasteiger partial charge is 0.344 e. The van der Waals surface area contributed by atoms with E-state index in [-0.39, 0.29) is 0 Å². The van der Waals surface area contributed by atoms with E-state index in [9.17, 15) is 4.57 Å². The Bertz CT molecular complexity index is 242. The predicted octanol–water partition coefficient (Wildman–Crippen LogP) is 4.89. The van der Waals surface area contributed by atoms with Gasteiger partial charge in [-0.25, -0.2) is 0 Å². The van der Waals surface area contributed by atoms with Crippen molar-refractivity contribution in [2.75, 3.05) is 32.6 Å². The van der Waals surface area contributed by atoms with Crippen LogP contribution in [0, 0.1) is 0 Å². The minimum atomic E-state index is -2.97. The van der Waals surface area contributed by atoms with Gasteiger partial charge < -0.3 is 9.05 Å². The Kier molecular flexibility index (Phi) is 12.9. The minimum Gasteiger partial charge on any atom is -0.308 e. The molecule has 0 atom stereocenters. The van der Waals surface area contributed by atoms with E-state index in [2.05, 4.69) is 32.6 Å². The Morgan fingerprint density at radius 1 is 0.800 bits per heavy atom. The highest BCUT2D eigenvalue weighted by Gasteiger charge is 2.27. The van der Waals surface area contributed by atoms with Crippen molar-refractivity contribution in [3.8, 4) is 0 Å². The summed E-state index contributed by atoms with van der Waals surface area (Å²) in [6.07, 6.45) is 6.51. The lowest BCUT2D eigenvalue weighted by Crippen LogP contribution is -2.27. The number of rotatable bonds is 14. The van der Waals surface area contributed by atoms with Crippen LogP contribution in [-0.2, 0) is 13.6 Å². The van der Waals surface area contributed by atoms with Gasteiger partial charge in [0.25, 0.3) is 0 Å². The number of nitrogens with zero attached hydrogens (tertiary/aromatic N) is 1. The summed E-state index contributed by atoms with van der Waals surface area (Å²) in [5, 5.41) is 0. The molecule has 0 aliphatic heterocycles. The maximum Gasteiger partial charge on any atom is 0.344 e. The zero-order valence-electron chi connectivity index (χ0n) is 13.9. The van der Waals surface area contributed by atoms with Gasteiger partial charge in [0, 0.05) is 0 Å². The van der Waals surface area contributed by atoms with Gasteiger partial charge in [-0.05, 0) is 38.8 Å². The standard InChI is InChI=1S/C15H34NO3P/c1-5-9-13-18-20(17,19-14-10-6-2)15-16(11-7-3)12-8-4/h5-15H2,1-4H3. The topological polar surface area (TPSA) is 38.8 Å². The highest BCUT2D eigenvalue weighted by atomic mass is 31.2. The predicted molar refractivity (Wildman–Crippen MR) is 86.3 cm³/mol. The first-order chi connectivity index (χ1) is 9.61. The number of hydrogen-bond acceptors (Lipinski definition) is 4. The van der Waals surface area contributed by atoms with Crippen LogP contribution in [0.2, 0.25) is 0 Å². The number of hydrogen-bond donors (Lipinski definition) is 0. The van der Waals surface area contributed by atoms with E-state index in [1.165, 1.54) is 0 Å². The van der Waals surface area contributed by atoms with Gasteiger partial charge in [-0.3, -0.25) is 9.46 Å². The fourth-order valence-corrected chi connectivity index (χ4v) is 3.77. The monoisotopic (exact) mass is 307 g/mol. The Hall–Kier alpha value is 0.110. The van der Waals surface area contributed by atoms with Gasteiger partial charge >= 0.3 is 7.60 Å². The highest BCUT2D eigenvalue weighted by molar-refractivity contribution is 7.53. The Morgan fingerprint density at radius 3 is 1.60 bits per heavy atom. The van der Waals surface area contributed by atoms with Crippen LogP contribution in [0.3, 0.4) is 0 Å². The lowest BCUT2D eigenvalue weighted by molar-refractivity contribution is 0.180. The molecule has 0 fully saturated rings. The Labute approximate surface area is 125 Å². The molecule has 0 amide bonds. The van der Waals surface area contributed by atoms with E-state index in [4.69, 9.17) is 9.05 Å². The molecule has 0 radical (unpaired) electrons. The van der Waals surface area contributed by atoms with Gasteiger partial charge in [0.1, 0.15) is 6.29 Å². The van der Waals surface area contributed by atoms with Crippen LogP contribution in [0.5, 0.6) is 0 Å². The second-order valence-electron chi connectivity index (χ2n) is 5.24. The molecule has 0 saturated carbocycles. The van der Waals surface area contributed by atoms with Gasteiger partial charge in [0.05, 0.1) is 13.2 Å². The average molecular weight is 307 g/mol. The van der Waals surface area contributed by atoms with E-state index >= 15 is 0 Å². The molecule has 0 aromatic carbocycles. The van der Waals surface area contributed by atoms with E-state index in [0.717, 1.165) is 51.6 Å². The first-order valence-electron chi connectivity index (χ1n) is 8.22. The van der Waals surface area contributed by atoms with Crippen LogP contribution < -0.4 is 0 Å². The zero-order chi connectivity index (χ0) is 15.3. The van der Waals surface area contributed by atoms with Gasteiger partial charge in [0.2, 0.25) is 0 Å². The van der Waals surface area contributed by atoms with E-state index < -0.39 is 7.60 Å². The van der Waals surface area contributed by atoms with E-state index in [1.807, 2.05) is 0 Å². The maximum absolute atomic E-state index is 12.8. The summed E-state index contributed by atoms with van der Waals surface area (Å²) in [5.74, 6) is 0. The second kappa shape index (κ2) is 12.8.